The molecular weight excluding hydrogens is 327 g/mol. The molecule has 0 radical (unpaired) electrons. The summed E-state index contributed by atoms with van der Waals surface area (Å²) in [6.07, 6.45) is 0.135. The number of halogens is 2. The van der Waals surface area contributed by atoms with Crippen molar-refractivity contribution in [3.8, 4) is 11.3 Å². The molecule has 3 rings (SSSR count). The molecular formula is C15H14ClFN2O2S. The summed E-state index contributed by atoms with van der Waals surface area (Å²) in [5.74, 6) is -0.462. The molecule has 1 aliphatic rings. The molecule has 1 atom stereocenters. The molecule has 0 saturated carbocycles. The van der Waals surface area contributed by atoms with Gasteiger partial charge in [-0.15, -0.1) is 11.3 Å². The fourth-order valence-corrected chi connectivity index (χ4v) is 3.61. The molecule has 1 saturated heterocycles. The predicted octanol–water partition coefficient (Wildman–Crippen LogP) is 3.74. The van der Waals surface area contributed by atoms with Crippen molar-refractivity contribution in [2.75, 3.05) is 11.5 Å². The van der Waals surface area contributed by atoms with Crippen molar-refractivity contribution in [2.45, 2.75) is 25.6 Å². The van der Waals surface area contributed by atoms with Crippen LogP contribution in [0.1, 0.15) is 13.8 Å². The summed E-state index contributed by atoms with van der Waals surface area (Å²) < 4.78 is 18.7. The van der Waals surface area contributed by atoms with Gasteiger partial charge in [-0.2, -0.15) is 0 Å². The van der Waals surface area contributed by atoms with E-state index in [1.165, 1.54) is 17.4 Å². The molecule has 22 heavy (non-hydrogen) atoms. The quantitative estimate of drug-likeness (QED) is 0.798. The van der Waals surface area contributed by atoms with E-state index in [4.69, 9.17) is 16.3 Å². The number of anilines is 1. The number of hydrogen-bond donors (Lipinski definition) is 0. The van der Waals surface area contributed by atoms with Crippen LogP contribution < -0.4 is 4.90 Å². The topological polar surface area (TPSA) is 42.4 Å². The van der Waals surface area contributed by atoms with E-state index in [1.807, 2.05) is 24.1 Å². The SMILES string of the molecule is CC1(C)COC(C=O)N1c1nc(-c2ccc(F)c(Cl)c2)cs1. The highest BCUT2D eigenvalue weighted by molar-refractivity contribution is 7.14. The van der Waals surface area contributed by atoms with Crippen LogP contribution in [0.5, 0.6) is 0 Å². The van der Waals surface area contributed by atoms with Crippen LogP contribution in [-0.2, 0) is 9.53 Å². The highest BCUT2D eigenvalue weighted by Gasteiger charge is 2.42. The number of benzene rings is 1. The number of hydrogen-bond acceptors (Lipinski definition) is 5. The molecule has 0 amide bonds. The van der Waals surface area contributed by atoms with E-state index in [-0.39, 0.29) is 10.6 Å². The van der Waals surface area contributed by atoms with Gasteiger partial charge in [-0.3, -0.25) is 4.79 Å². The molecule has 2 heterocycles. The lowest BCUT2D eigenvalue weighted by Crippen LogP contribution is -2.45. The minimum atomic E-state index is -0.634. The van der Waals surface area contributed by atoms with Gasteiger partial charge in [0.25, 0.3) is 0 Å². The molecule has 1 fully saturated rings. The van der Waals surface area contributed by atoms with Crippen LogP contribution >= 0.6 is 22.9 Å². The molecule has 7 heteroatoms. The summed E-state index contributed by atoms with van der Waals surface area (Å²) in [7, 11) is 0. The van der Waals surface area contributed by atoms with Crippen molar-refractivity contribution in [1.29, 1.82) is 0 Å². The van der Waals surface area contributed by atoms with Crippen LogP contribution in [-0.4, -0.2) is 29.6 Å². The van der Waals surface area contributed by atoms with Crippen LogP contribution in [0.4, 0.5) is 9.52 Å². The second-order valence-electron chi connectivity index (χ2n) is 5.66. The number of nitrogens with zero attached hydrogens (tertiary/aromatic N) is 2. The zero-order valence-electron chi connectivity index (χ0n) is 12.0. The Morgan fingerprint density at radius 2 is 2.32 bits per heavy atom. The third-order valence-electron chi connectivity index (χ3n) is 3.54. The summed E-state index contributed by atoms with van der Waals surface area (Å²) in [5.41, 5.74) is 1.10. The van der Waals surface area contributed by atoms with E-state index in [9.17, 15) is 9.18 Å². The number of carbonyl (C=O) groups excluding carboxylic acids is 1. The lowest BCUT2D eigenvalue weighted by Gasteiger charge is -2.30. The maximum absolute atomic E-state index is 13.3. The number of ether oxygens (including phenoxy) is 1. The van der Waals surface area contributed by atoms with Crippen molar-refractivity contribution in [2.24, 2.45) is 0 Å². The first kappa shape index (κ1) is 15.4. The lowest BCUT2D eigenvalue weighted by molar-refractivity contribution is -0.115. The van der Waals surface area contributed by atoms with Crippen molar-refractivity contribution in [1.82, 2.24) is 4.98 Å². The fourth-order valence-electron chi connectivity index (χ4n) is 2.41. The van der Waals surface area contributed by atoms with Gasteiger partial charge in [0.05, 0.1) is 22.9 Å². The van der Waals surface area contributed by atoms with E-state index in [2.05, 4.69) is 4.98 Å². The summed E-state index contributed by atoms with van der Waals surface area (Å²) in [6, 6.07) is 4.48. The molecule has 1 aromatic heterocycles. The third kappa shape index (κ3) is 2.62. The average Bonchev–Trinajstić information content (AvgIpc) is 3.05. The second-order valence-corrected chi connectivity index (χ2v) is 6.91. The zero-order valence-corrected chi connectivity index (χ0v) is 13.6. The van der Waals surface area contributed by atoms with Crippen molar-refractivity contribution in [3.63, 3.8) is 0 Å². The van der Waals surface area contributed by atoms with Gasteiger partial charge in [0.15, 0.2) is 17.6 Å². The summed E-state index contributed by atoms with van der Waals surface area (Å²) in [4.78, 5) is 17.6. The Morgan fingerprint density at radius 1 is 1.55 bits per heavy atom. The average molecular weight is 341 g/mol. The van der Waals surface area contributed by atoms with Gasteiger partial charge in [-0.1, -0.05) is 11.6 Å². The number of rotatable bonds is 3. The number of thiazole rings is 1. The van der Waals surface area contributed by atoms with Crippen LogP contribution in [0.2, 0.25) is 5.02 Å². The van der Waals surface area contributed by atoms with Crippen molar-refractivity contribution < 1.29 is 13.9 Å². The summed E-state index contributed by atoms with van der Waals surface area (Å²) in [5, 5.41) is 2.60. The van der Waals surface area contributed by atoms with Crippen LogP contribution in [0.3, 0.4) is 0 Å². The van der Waals surface area contributed by atoms with E-state index in [0.29, 0.717) is 17.4 Å². The fraction of sp³-hybridized carbons (Fsp3) is 0.333. The first-order chi connectivity index (χ1) is 10.4. The van der Waals surface area contributed by atoms with Crippen LogP contribution in [0.15, 0.2) is 23.6 Å². The summed E-state index contributed by atoms with van der Waals surface area (Å²) in [6.45, 7) is 4.44. The molecule has 0 aliphatic carbocycles. The Balaban J connectivity index is 1.96. The molecule has 4 nitrogen and oxygen atoms in total. The monoisotopic (exact) mass is 340 g/mol. The Kier molecular flexibility index (Phi) is 3.92. The van der Waals surface area contributed by atoms with Gasteiger partial charge in [-0.25, -0.2) is 9.37 Å². The summed E-state index contributed by atoms with van der Waals surface area (Å²) >= 11 is 7.22. The van der Waals surface area contributed by atoms with Gasteiger partial charge in [-0.05, 0) is 32.0 Å². The lowest BCUT2D eigenvalue weighted by atomic mass is 10.1. The number of carbonyl (C=O) groups is 1. The normalized spacial score (nSPS) is 20.4. The smallest absolute Gasteiger partial charge is 0.189 e. The van der Waals surface area contributed by atoms with Gasteiger partial charge in [0, 0.05) is 10.9 Å². The van der Waals surface area contributed by atoms with E-state index < -0.39 is 12.0 Å². The zero-order chi connectivity index (χ0) is 15.9. The second kappa shape index (κ2) is 5.61. The maximum Gasteiger partial charge on any atom is 0.189 e. The Hall–Kier alpha value is -1.50. The first-order valence-electron chi connectivity index (χ1n) is 6.69. The van der Waals surface area contributed by atoms with Crippen LogP contribution in [0, 0.1) is 5.82 Å². The predicted molar refractivity (Wildman–Crippen MR) is 84.9 cm³/mol. The molecule has 0 N–H and O–H groups in total. The van der Waals surface area contributed by atoms with E-state index >= 15 is 0 Å². The van der Waals surface area contributed by atoms with Gasteiger partial charge >= 0.3 is 0 Å². The number of aldehydes is 1. The van der Waals surface area contributed by atoms with Crippen molar-refractivity contribution in [3.05, 3.63) is 34.4 Å². The molecule has 0 spiro atoms. The molecule has 2 aromatic rings. The first-order valence-corrected chi connectivity index (χ1v) is 7.95. The largest absolute Gasteiger partial charge is 0.349 e. The Labute approximate surface area is 136 Å². The number of aromatic nitrogens is 1. The van der Waals surface area contributed by atoms with Gasteiger partial charge < -0.3 is 9.64 Å². The molecule has 116 valence electrons. The highest BCUT2D eigenvalue weighted by Crippen LogP contribution is 2.36. The van der Waals surface area contributed by atoms with E-state index in [0.717, 1.165) is 11.8 Å². The van der Waals surface area contributed by atoms with Gasteiger partial charge in [0.1, 0.15) is 5.82 Å². The molecule has 0 bridgehead atoms. The third-order valence-corrected chi connectivity index (χ3v) is 4.67. The minimum absolute atomic E-state index is 0.0580. The molecule has 1 aliphatic heterocycles. The Bertz CT molecular complexity index is 719. The minimum Gasteiger partial charge on any atom is -0.349 e. The molecule has 1 unspecified atom stereocenters. The van der Waals surface area contributed by atoms with Crippen LogP contribution in [0.25, 0.3) is 11.3 Å². The standard InChI is InChI=1S/C15H14ClFN2O2S/c1-15(2)8-21-13(6-20)19(15)14-18-12(7-22-14)9-3-4-11(17)10(16)5-9/h3-7,13H,8H2,1-2H3. The van der Waals surface area contributed by atoms with Crippen molar-refractivity contribution >= 4 is 34.4 Å². The van der Waals surface area contributed by atoms with E-state index in [1.54, 1.807) is 12.1 Å². The van der Waals surface area contributed by atoms with Gasteiger partial charge in [0.2, 0.25) is 0 Å². The highest BCUT2D eigenvalue weighted by atomic mass is 35.5. The molecule has 1 aromatic carbocycles. The Morgan fingerprint density at radius 3 is 3.00 bits per heavy atom. The maximum atomic E-state index is 13.3.